The molecule has 12 heavy (non-hydrogen) atoms. The number of hydrogen-bond acceptors (Lipinski definition) is 4. The highest BCUT2D eigenvalue weighted by molar-refractivity contribution is 5.61. The first-order valence-corrected chi connectivity index (χ1v) is 2.81. The lowest BCUT2D eigenvalue weighted by atomic mass is 10.6. The third-order valence-electron chi connectivity index (χ3n) is 0.697. The first-order valence-electron chi connectivity index (χ1n) is 2.81. The monoisotopic (exact) mass is 172 g/mol. The Labute approximate surface area is 67.0 Å². The molecule has 0 radical (unpaired) electrons. The minimum absolute atomic E-state index is 0.338. The van der Waals surface area contributed by atoms with Gasteiger partial charge in [-0.3, -0.25) is 4.98 Å². The van der Waals surface area contributed by atoms with Crippen LogP contribution in [0.2, 0.25) is 0 Å². The van der Waals surface area contributed by atoms with Crippen LogP contribution in [0.15, 0.2) is 17.1 Å². The molecule has 1 heterocycles. The molecule has 0 saturated heterocycles. The van der Waals surface area contributed by atoms with Gasteiger partial charge in [0, 0.05) is 6.20 Å². The highest BCUT2D eigenvalue weighted by Gasteiger charge is 1.80. The van der Waals surface area contributed by atoms with E-state index in [4.69, 9.17) is 15.6 Å². The molecule has 6 N–H and O–H groups in total. The molecule has 0 saturated carbocycles. The molecule has 66 valence electrons. The maximum Gasteiger partial charge on any atom is 0.402 e. The number of nitrogens with two attached hydrogens (primary N) is 2. The summed E-state index contributed by atoms with van der Waals surface area (Å²) >= 11 is 0. The van der Waals surface area contributed by atoms with Gasteiger partial charge in [0.2, 0.25) is 0 Å². The molecule has 0 aliphatic rings. The van der Waals surface area contributed by atoms with Gasteiger partial charge in [0.1, 0.15) is 5.82 Å². The van der Waals surface area contributed by atoms with Crippen molar-refractivity contribution in [2.24, 2.45) is 5.73 Å². The molecule has 0 spiro atoms. The van der Waals surface area contributed by atoms with Crippen molar-refractivity contribution in [1.29, 1.82) is 0 Å². The number of nitrogen functional groups attached to an aromatic ring is 1. The first-order chi connectivity index (χ1) is 5.52. The molecule has 0 aliphatic heterocycles. The van der Waals surface area contributed by atoms with Crippen molar-refractivity contribution in [2.45, 2.75) is 0 Å². The highest BCUT2D eigenvalue weighted by Crippen LogP contribution is 1.82. The van der Waals surface area contributed by atoms with E-state index >= 15 is 0 Å². The Balaban J connectivity index is 0.000000261. The van der Waals surface area contributed by atoms with Gasteiger partial charge in [0.15, 0.2) is 0 Å². The molecule has 0 aliphatic carbocycles. The fraction of sp³-hybridized carbons (Fsp3) is 0. The van der Waals surface area contributed by atoms with E-state index < -0.39 is 11.8 Å². The van der Waals surface area contributed by atoms with E-state index in [2.05, 4.69) is 15.7 Å². The van der Waals surface area contributed by atoms with E-state index in [9.17, 15) is 4.79 Å². The lowest BCUT2D eigenvalue weighted by molar-refractivity contribution is 0.205. The minimum atomic E-state index is -1.33. The summed E-state index contributed by atoms with van der Waals surface area (Å²) in [6.45, 7) is 0. The van der Waals surface area contributed by atoms with Crippen LogP contribution in [0.25, 0.3) is 0 Å². The smallest absolute Gasteiger partial charge is 0.402 e. The fourth-order valence-electron chi connectivity index (χ4n) is 0.383. The standard InChI is InChI=1S/C4H5N3O.CH3NO2/c5-3-1-2-6-4(8)7-3;2-1(3)4/h1-2H,(H3,5,6,7,8);2H2,(H,3,4). The van der Waals surface area contributed by atoms with Gasteiger partial charge in [-0.15, -0.1) is 0 Å². The van der Waals surface area contributed by atoms with Crippen LogP contribution < -0.4 is 17.2 Å². The minimum Gasteiger partial charge on any atom is -0.465 e. The Morgan fingerprint density at radius 2 is 2.17 bits per heavy atom. The predicted molar refractivity (Wildman–Crippen MR) is 41.5 cm³/mol. The van der Waals surface area contributed by atoms with Crippen LogP contribution >= 0.6 is 0 Å². The fourth-order valence-corrected chi connectivity index (χ4v) is 0.383. The normalized spacial score (nSPS) is 8.00. The van der Waals surface area contributed by atoms with Gasteiger partial charge in [-0.2, -0.15) is 0 Å². The summed E-state index contributed by atoms with van der Waals surface area (Å²) < 4.78 is 0. The topological polar surface area (TPSA) is 135 Å². The third kappa shape index (κ3) is 6.08. The van der Waals surface area contributed by atoms with Crippen LogP contribution in [0.5, 0.6) is 0 Å². The van der Waals surface area contributed by atoms with Gasteiger partial charge in [-0.1, -0.05) is 0 Å². The maximum atomic E-state index is 10.2. The van der Waals surface area contributed by atoms with E-state index in [0.717, 1.165) is 0 Å². The molecule has 1 aromatic rings. The zero-order valence-corrected chi connectivity index (χ0v) is 6.02. The number of aromatic nitrogens is 2. The zero-order valence-electron chi connectivity index (χ0n) is 6.02. The van der Waals surface area contributed by atoms with Gasteiger partial charge < -0.3 is 16.6 Å². The van der Waals surface area contributed by atoms with Crippen molar-refractivity contribution in [1.82, 2.24) is 9.97 Å². The van der Waals surface area contributed by atoms with Crippen molar-refractivity contribution >= 4 is 11.9 Å². The molecule has 1 amide bonds. The molecule has 1 rings (SSSR count). The summed E-state index contributed by atoms with van der Waals surface area (Å²) in [4.78, 5) is 24.7. The summed E-state index contributed by atoms with van der Waals surface area (Å²) in [5, 5.41) is 7.19. The molecule has 0 unspecified atom stereocenters. The Kier molecular flexibility index (Phi) is 3.91. The molecule has 7 nitrogen and oxygen atoms in total. The molecule has 0 fully saturated rings. The Morgan fingerprint density at radius 3 is 2.42 bits per heavy atom. The van der Waals surface area contributed by atoms with Crippen LogP contribution in [0.1, 0.15) is 0 Å². The van der Waals surface area contributed by atoms with Crippen LogP contribution in [-0.2, 0) is 0 Å². The SMILES string of the molecule is NC(=O)O.Nc1ccnc(=O)[nH]1. The predicted octanol–water partition coefficient (Wildman–Crippen LogP) is -1.02. The van der Waals surface area contributed by atoms with Crippen molar-refractivity contribution in [3.63, 3.8) is 0 Å². The van der Waals surface area contributed by atoms with E-state index in [1.165, 1.54) is 12.3 Å². The number of nitrogens with zero attached hydrogens (tertiary/aromatic N) is 1. The van der Waals surface area contributed by atoms with Crippen molar-refractivity contribution in [2.75, 3.05) is 5.73 Å². The summed E-state index contributed by atoms with van der Waals surface area (Å²) in [5.41, 5.74) is 8.78. The molecule has 7 heteroatoms. The van der Waals surface area contributed by atoms with E-state index in [1.54, 1.807) is 0 Å². The number of H-pyrrole nitrogens is 1. The van der Waals surface area contributed by atoms with Crippen LogP contribution in [0.4, 0.5) is 10.6 Å². The van der Waals surface area contributed by atoms with Crippen LogP contribution in [-0.4, -0.2) is 21.2 Å². The van der Waals surface area contributed by atoms with Crippen molar-refractivity contribution < 1.29 is 9.90 Å². The first kappa shape index (κ1) is 9.95. The largest absolute Gasteiger partial charge is 0.465 e. The number of carboxylic acid groups (broad SMARTS) is 1. The average Bonchev–Trinajstić information content (AvgIpc) is 1.84. The molecule has 0 aromatic carbocycles. The number of amides is 1. The number of aromatic amines is 1. The number of anilines is 1. The van der Waals surface area contributed by atoms with E-state index in [1.807, 2.05) is 0 Å². The Hall–Kier alpha value is -2.05. The molecule has 0 atom stereocenters. The summed E-state index contributed by atoms with van der Waals surface area (Å²) in [7, 11) is 0. The average molecular weight is 172 g/mol. The molecule has 0 bridgehead atoms. The van der Waals surface area contributed by atoms with Crippen molar-refractivity contribution in [3.8, 4) is 0 Å². The second-order valence-corrected chi connectivity index (χ2v) is 1.67. The summed E-state index contributed by atoms with van der Waals surface area (Å²) in [6, 6.07) is 1.52. The Bertz CT molecular complexity index is 304. The molecular weight excluding hydrogens is 164 g/mol. The van der Waals surface area contributed by atoms with Gasteiger partial charge in [-0.05, 0) is 6.07 Å². The van der Waals surface area contributed by atoms with Gasteiger partial charge >= 0.3 is 11.8 Å². The lowest BCUT2D eigenvalue weighted by Crippen LogP contribution is -2.10. The summed E-state index contributed by atoms with van der Waals surface area (Å²) in [6.07, 6.45) is 0.0220. The zero-order chi connectivity index (χ0) is 9.56. The second-order valence-electron chi connectivity index (χ2n) is 1.67. The molecule has 1 aromatic heterocycles. The quantitative estimate of drug-likeness (QED) is 0.397. The second kappa shape index (κ2) is 4.72. The van der Waals surface area contributed by atoms with Crippen LogP contribution in [0, 0.1) is 0 Å². The number of rotatable bonds is 0. The lowest BCUT2D eigenvalue weighted by Gasteiger charge is -1.84. The van der Waals surface area contributed by atoms with E-state index in [0.29, 0.717) is 5.82 Å². The maximum absolute atomic E-state index is 10.2. The number of primary amides is 1. The van der Waals surface area contributed by atoms with Gasteiger partial charge in [0.05, 0.1) is 0 Å². The highest BCUT2D eigenvalue weighted by atomic mass is 16.4. The van der Waals surface area contributed by atoms with Crippen LogP contribution in [0.3, 0.4) is 0 Å². The molecular formula is C5H8N4O3. The number of hydrogen-bond donors (Lipinski definition) is 4. The van der Waals surface area contributed by atoms with E-state index in [-0.39, 0.29) is 0 Å². The summed E-state index contributed by atoms with van der Waals surface area (Å²) in [5.74, 6) is 0.338. The Morgan fingerprint density at radius 1 is 1.67 bits per heavy atom. The number of nitrogens with one attached hydrogen (secondary N) is 1. The van der Waals surface area contributed by atoms with Gasteiger partial charge in [0.25, 0.3) is 0 Å². The number of carbonyl (C=O) groups is 1. The third-order valence-corrected chi connectivity index (χ3v) is 0.697. The van der Waals surface area contributed by atoms with Crippen molar-refractivity contribution in [3.05, 3.63) is 22.7 Å². The van der Waals surface area contributed by atoms with Gasteiger partial charge in [-0.25, -0.2) is 14.6 Å².